The Morgan fingerprint density at radius 1 is 1.02 bits per heavy atom. The lowest BCUT2D eigenvalue weighted by molar-refractivity contribution is -0.128. The van der Waals surface area contributed by atoms with Crippen LogP contribution >= 0.6 is 34.8 Å². The number of piperidine rings is 1. The maximum Gasteiger partial charge on any atom is 0.281 e. The number of benzene rings is 2. The zero-order chi connectivity index (χ0) is 31.9. The van der Waals surface area contributed by atoms with Gasteiger partial charge in [0.25, 0.3) is 16.0 Å². The van der Waals surface area contributed by atoms with Crippen LogP contribution in [0.1, 0.15) is 70.4 Å². The van der Waals surface area contributed by atoms with Crippen LogP contribution in [0.4, 0.5) is 5.69 Å². The predicted octanol–water partition coefficient (Wildman–Crippen LogP) is 6.74. The minimum absolute atomic E-state index is 0.0152. The molecule has 2 aliphatic heterocycles. The van der Waals surface area contributed by atoms with E-state index in [2.05, 4.69) is 10.5 Å². The number of hydrogen-bond acceptors (Lipinski definition) is 7. The summed E-state index contributed by atoms with van der Waals surface area (Å²) in [6, 6.07) is 12.7. The van der Waals surface area contributed by atoms with Crippen LogP contribution < -0.4 is 10.4 Å². The first kappa shape index (κ1) is 33.2. The lowest BCUT2D eigenvalue weighted by Crippen LogP contribution is -2.47. The number of hydrogen-bond donors (Lipinski definition) is 2. The number of nitrogens with one attached hydrogen (secondary N) is 1. The molecule has 9 nitrogen and oxygen atoms in total. The molecule has 2 bridgehead atoms. The number of nitrogens with zero attached hydrogens (tertiary/aromatic N) is 3. The van der Waals surface area contributed by atoms with Crippen LogP contribution in [0.3, 0.4) is 0 Å². The zero-order valence-corrected chi connectivity index (χ0v) is 27.8. The molecular weight excluding hydrogens is 647 g/mol. The number of carbonyl (C=O) groups excluding carboxylic acids is 2. The summed E-state index contributed by atoms with van der Waals surface area (Å²) in [6.45, 7) is 5.63. The zero-order valence-electron chi connectivity index (χ0n) is 24.7. The molecule has 2 aromatic carbocycles. The molecular formula is C31H37Cl3N4O5S. The Bertz CT molecular complexity index is 1560. The summed E-state index contributed by atoms with van der Waals surface area (Å²) < 4.78 is 31.0. The van der Waals surface area contributed by atoms with Crippen molar-refractivity contribution in [2.75, 3.05) is 23.9 Å². The molecule has 6 rings (SSSR count). The topological polar surface area (TPSA) is 119 Å². The van der Waals surface area contributed by atoms with Gasteiger partial charge < -0.3 is 0 Å². The lowest BCUT2D eigenvalue weighted by atomic mass is 9.70. The largest absolute Gasteiger partial charge is 0.299 e. The number of anilines is 1. The highest BCUT2D eigenvalue weighted by Crippen LogP contribution is 2.64. The first-order valence-corrected chi connectivity index (χ1v) is 17.6. The molecule has 2 heterocycles. The fraction of sp³-hybridized carbons (Fsp3) is 0.516. The summed E-state index contributed by atoms with van der Waals surface area (Å²) in [5.41, 5.74) is 4.06. The van der Waals surface area contributed by atoms with E-state index in [0.717, 1.165) is 37.9 Å². The molecule has 238 valence electrons. The van der Waals surface area contributed by atoms with Crippen molar-refractivity contribution >= 4 is 68.0 Å². The predicted molar refractivity (Wildman–Crippen MR) is 174 cm³/mol. The molecule has 13 heteroatoms. The van der Waals surface area contributed by atoms with Crippen molar-refractivity contribution in [1.82, 2.24) is 10.4 Å². The highest BCUT2D eigenvalue weighted by atomic mass is 35.5. The van der Waals surface area contributed by atoms with E-state index in [1.54, 1.807) is 17.1 Å². The second kappa shape index (κ2) is 12.9. The molecule has 3 atom stereocenters. The van der Waals surface area contributed by atoms with Gasteiger partial charge in [-0.05, 0) is 72.9 Å². The number of Topliss-reactive ketones (excluding diaryl/α,β-unsaturated/α-hetero) is 1. The molecule has 44 heavy (non-hydrogen) atoms. The number of ketones is 1. The van der Waals surface area contributed by atoms with Gasteiger partial charge in [0.1, 0.15) is 11.5 Å². The number of hydrazone groups is 1. The van der Waals surface area contributed by atoms with Crippen molar-refractivity contribution in [3.63, 3.8) is 0 Å². The normalized spacial score (nSPS) is 26.3. The van der Waals surface area contributed by atoms with Crippen molar-refractivity contribution in [3.05, 3.63) is 63.1 Å². The number of carbonyl (C=O) groups is 2. The molecule has 2 aliphatic carbocycles. The summed E-state index contributed by atoms with van der Waals surface area (Å²) in [4.78, 5) is 24.8. The smallest absolute Gasteiger partial charge is 0.281 e. The molecule has 2 aromatic rings. The van der Waals surface area contributed by atoms with E-state index in [-0.39, 0.29) is 29.1 Å². The van der Waals surface area contributed by atoms with E-state index < -0.39 is 21.3 Å². The number of amides is 1. The lowest BCUT2D eigenvalue weighted by Gasteiger charge is -2.35. The second-order valence-electron chi connectivity index (χ2n) is 12.6. The van der Waals surface area contributed by atoms with Crippen LogP contribution in [0.25, 0.3) is 0 Å². The Balaban J connectivity index is 0.000000215. The minimum Gasteiger partial charge on any atom is -0.299 e. The Morgan fingerprint density at radius 2 is 1.68 bits per heavy atom. The Hall–Kier alpha value is -2.21. The highest BCUT2D eigenvalue weighted by molar-refractivity contribution is 7.85. The summed E-state index contributed by atoms with van der Waals surface area (Å²) >= 11 is 18.6. The minimum atomic E-state index is -4.08. The van der Waals surface area contributed by atoms with Gasteiger partial charge in [0, 0.05) is 36.0 Å². The molecule has 2 N–H and O–H groups in total. The van der Waals surface area contributed by atoms with E-state index in [0.29, 0.717) is 45.7 Å². The molecule has 1 amide bonds. The monoisotopic (exact) mass is 682 g/mol. The van der Waals surface area contributed by atoms with Gasteiger partial charge in [-0.25, -0.2) is 5.01 Å². The fourth-order valence-electron chi connectivity index (χ4n) is 7.11. The van der Waals surface area contributed by atoms with Crippen molar-refractivity contribution in [3.8, 4) is 0 Å². The second-order valence-corrected chi connectivity index (χ2v) is 15.4. The van der Waals surface area contributed by atoms with Gasteiger partial charge >= 0.3 is 0 Å². The van der Waals surface area contributed by atoms with Crippen molar-refractivity contribution in [2.45, 2.75) is 64.8 Å². The van der Waals surface area contributed by atoms with E-state index >= 15 is 0 Å². The molecule has 3 unspecified atom stereocenters. The fourth-order valence-corrected chi connectivity index (χ4v) is 9.04. The summed E-state index contributed by atoms with van der Waals surface area (Å²) in [5, 5.41) is 10.1. The first-order chi connectivity index (χ1) is 20.7. The van der Waals surface area contributed by atoms with Gasteiger partial charge in [-0.1, -0.05) is 67.2 Å². The van der Waals surface area contributed by atoms with Crippen molar-refractivity contribution in [1.29, 1.82) is 0 Å². The van der Waals surface area contributed by atoms with Gasteiger partial charge in [0.15, 0.2) is 0 Å². The molecule has 0 aromatic heterocycles. The molecule has 0 radical (unpaired) electrons. The molecule has 3 fully saturated rings. The Labute approximate surface area is 273 Å². The van der Waals surface area contributed by atoms with E-state index in [1.807, 2.05) is 49.2 Å². The number of rotatable bonds is 6. The van der Waals surface area contributed by atoms with E-state index in [1.165, 1.54) is 6.42 Å². The van der Waals surface area contributed by atoms with E-state index in [9.17, 15) is 18.0 Å². The van der Waals surface area contributed by atoms with Crippen LogP contribution in [0.15, 0.2) is 47.6 Å². The molecule has 2 saturated carbocycles. The third-order valence-corrected chi connectivity index (χ3v) is 11.4. The Morgan fingerprint density at radius 3 is 2.25 bits per heavy atom. The first-order valence-electron chi connectivity index (χ1n) is 14.8. The van der Waals surface area contributed by atoms with Crippen LogP contribution in [-0.2, 0) is 19.7 Å². The maximum absolute atomic E-state index is 12.9. The summed E-state index contributed by atoms with van der Waals surface area (Å²) in [7, 11) is -4.08. The SMILES string of the molecule is CC1(C)C2CCC1(CS(=O)(=O)O)C(=O)C2.O=C(NN1CCCCC1)C1=NN(c2ccc(Cl)cc2Cl)C(c2ccc(Cl)cc2)C1. The van der Waals surface area contributed by atoms with Gasteiger partial charge in [-0.3, -0.25) is 24.6 Å². The number of halogens is 3. The third kappa shape index (κ3) is 6.81. The molecule has 1 saturated heterocycles. The maximum atomic E-state index is 12.9. The average Bonchev–Trinajstić information content (AvgIpc) is 3.54. The third-order valence-electron chi connectivity index (χ3n) is 9.77. The van der Waals surface area contributed by atoms with Gasteiger partial charge in [-0.15, -0.1) is 0 Å². The molecule has 4 aliphatic rings. The number of fused-ring (bicyclic) bond motifs is 2. The summed E-state index contributed by atoms with van der Waals surface area (Å²) in [6.07, 6.45) is 5.83. The van der Waals surface area contributed by atoms with Gasteiger partial charge in [0.05, 0.1) is 27.9 Å². The molecule has 0 spiro atoms. The Kier molecular flexibility index (Phi) is 9.71. The van der Waals surface area contributed by atoms with Crippen LogP contribution in [-0.4, -0.2) is 54.2 Å². The van der Waals surface area contributed by atoms with Crippen molar-refractivity contribution < 1.29 is 22.6 Å². The standard InChI is InChI=1S/C21H21Cl3N4O.C10H16O4S/c22-15-6-4-14(5-7-15)20-13-18(21(29)26-27-10-2-1-3-11-27)25-28(20)19-9-8-16(23)12-17(19)24;1-9(2)7-3-4-10(9,8(11)5-7)6-15(12,13)14/h4-9,12,20H,1-3,10-11,13H2,(H,26,29);7H,3-6H2,1-2H3,(H,12,13,14). The summed E-state index contributed by atoms with van der Waals surface area (Å²) in [5.74, 6) is -0.269. The quantitative estimate of drug-likeness (QED) is 0.324. The van der Waals surface area contributed by atoms with Crippen molar-refractivity contribution in [2.24, 2.45) is 21.8 Å². The highest BCUT2D eigenvalue weighted by Gasteiger charge is 2.65. The number of hydrazine groups is 1. The van der Waals surface area contributed by atoms with Gasteiger partial charge in [0.2, 0.25) is 0 Å². The average molecular weight is 684 g/mol. The van der Waals surface area contributed by atoms with Gasteiger partial charge in [-0.2, -0.15) is 13.5 Å². The van der Waals surface area contributed by atoms with Crippen LogP contribution in [0.2, 0.25) is 15.1 Å². The van der Waals surface area contributed by atoms with E-state index in [4.69, 9.17) is 39.4 Å². The van der Waals surface area contributed by atoms with Crippen LogP contribution in [0.5, 0.6) is 0 Å². The van der Waals surface area contributed by atoms with Crippen LogP contribution in [0, 0.1) is 16.7 Å².